The number of hydrogen-bond acceptors (Lipinski definition) is 4. The molecule has 1 heterocycles. The fourth-order valence-corrected chi connectivity index (χ4v) is 4.37. The Kier molecular flexibility index (Phi) is 7.15. The van der Waals surface area contributed by atoms with Crippen molar-refractivity contribution in [1.82, 2.24) is 4.90 Å². The van der Waals surface area contributed by atoms with Gasteiger partial charge in [0.25, 0.3) is 5.91 Å². The van der Waals surface area contributed by atoms with E-state index in [0.717, 1.165) is 29.9 Å². The summed E-state index contributed by atoms with van der Waals surface area (Å²) in [6.07, 6.45) is 5.44. The number of anilines is 1. The molecule has 2 aromatic rings. The Morgan fingerprint density at radius 1 is 1.03 bits per heavy atom. The number of nitrogens with zero attached hydrogens (tertiary/aromatic N) is 3. The number of halogens is 2. The molecule has 0 aromatic heterocycles. The number of rotatable bonds is 6. The van der Waals surface area contributed by atoms with Crippen LogP contribution in [0, 0.1) is 0 Å². The number of aliphatic imine (C=N–C) groups is 1. The molecule has 0 radical (unpaired) electrons. The lowest BCUT2D eigenvalue weighted by Crippen LogP contribution is -2.26. The van der Waals surface area contributed by atoms with Crippen LogP contribution in [0.2, 0.25) is 0 Å². The summed E-state index contributed by atoms with van der Waals surface area (Å²) in [5.41, 5.74) is 3.36. The minimum absolute atomic E-state index is 0.143. The van der Waals surface area contributed by atoms with Crippen molar-refractivity contribution >= 4 is 61.4 Å². The van der Waals surface area contributed by atoms with Gasteiger partial charge in [-0.25, -0.2) is 4.99 Å². The second-order valence-electron chi connectivity index (χ2n) is 6.79. The van der Waals surface area contributed by atoms with Crippen molar-refractivity contribution in [2.75, 3.05) is 25.0 Å². The second kappa shape index (κ2) is 9.62. The molecule has 1 aliphatic rings. The summed E-state index contributed by atoms with van der Waals surface area (Å²) in [5.74, 6) is 0.566. The van der Waals surface area contributed by atoms with Crippen molar-refractivity contribution in [3.05, 3.63) is 68.2 Å². The maximum Gasteiger partial charge on any atom is 0.277 e. The van der Waals surface area contributed by atoms with Crippen molar-refractivity contribution in [2.45, 2.75) is 13.8 Å². The zero-order valence-electron chi connectivity index (χ0n) is 17.1. The first-order chi connectivity index (χ1) is 14.3. The Labute approximate surface area is 193 Å². The van der Waals surface area contributed by atoms with E-state index < -0.39 is 0 Å². The van der Waals surface area contributed by atoms with Crippen LogP contribution in [0.1, 0.15) is 25.0 Å². The van der Waals surface area contributed by atoms with E-state index in [0.29, 0.717) is 20.5 Å². The van der Waals surface area contributed by atoms with Gasteiger partial charge in [0.2, 0.25) is 0 Å². The normalized spacial score (nSPS) is 15.4. The monoisotopic (exact) mass is 531 g/mol. The predicted octanol–water partition coefficient (Wildman–Crippen LogP) is 5.69. The maximum atomic E-state index is 12.6. The van der Waals surface area contributed by atoms with Crippen LogP contribution in [0.3, 0.4) is 0 Å². The molecule has 0 saturated carbocycles. The highest BCUT2D eigenvalue weighted by Crippen LogP contribution is 2.33. The molecular formula is C23H23Br2N3O2. The topological polar surface area (TPSA) is 56.1 Å². The van der Waals surface area contributed by atoms with Crippen LogP contribution in [0.5, 0.6) is 5.75 Å². The van der Waals surface area contributed by atoms with E-state index in [2.05, 4.69) is 67.7 Å². The Hall–Kier alpha value is -2.38. The number of carbonyl (C=O) groups excluding carboxylic acids is 1. The number of amidine groups is 1. The van der Waals surface area contributed by atoms with Gasteiger partial charge in [-0.2, -0.15) is 0 Å². The highest BCUT2D eigenvalue weighted by atomic mass is 79.9. The third-order valence-corrected chi connectivity index (χ3v) is 6.10. The van der Waals surface area contributed by atoms with Gasteiger partial charge in [-0.1, -0.05) is 18.2 Å². The van der Waals surface area contributed by atoms with Gasteiger partial charge in [-0.15, -0.1) is 0 Å². The Bertz CT molecular complexity index is 1020. The van der Waals surface area contributed by atoms with Gasteiger partial charge in [0.05, 0.1) is 8.95 Å². The summed E-state index contributed by atoms with van der Waals surface area (Å²) in [6, 6.07) is 11.7. The SMILES string of the molecule is CCN(CC)c1ccc(/C=C2N=C(/C=C/c3cc(Br)c(O)c(Br)c3)N(C)C\2=O)cc1. The number of aromatic hydroxyl groups is 1. The third kappa shape index (κ3) is 4.84. The minimum atomic E-state index is -0.143. The lowest BCUT2D eigenvalue weighted by atomic mass is 10.1. The van der Waals surface area contributed by atoms with Gasteiger partial charge < -0.3 is 10.0 Å². The van der Waals surface area contributed by atoms with Gasteiger partial charge in [-0.3, -0.25) is 9.69 Å². The van der Waals surface area contributed by atoms with Gasteiger partial charge in [-0.05, 0) is 93.3 Å². The standard InChI is InChI=1S/C23H23Br2N3O2/c1-4-28(5-2)17-9-6-15(7-10-17)14-20-23(30)27(3)21(26-20)11-8-16-12-18(24)22(29)19(25)13-16/h6-14,29H,4-5H2,1-3H3/b11-8+,20-14-. The number of likely N-dealkylation sites (N-methyl/N-ethyl adjacent to an activating group) is 1. The van der Waals surface area contributed by atoms with Crippen LogP contribution < -0.4 is 4.90 Å². The molecule has 0 bridgehead atoms. The average Bonchev–Trinajstić information content (AvgIpc) is 3.00. The van der Waals surface area contributed by atoms with E-state index in [1.807, 2.05) is 18.2 Å². The number of benzene rings is 2. The lowest BCUT2D eigenvalue weighted by Gasteiger charge is -2.20. The van der Waals surface area contributed by atoms with Crippen LogP contribution in [-0.2, 0) is 4.79 Å². The molecular weight excluding hydrogens is 510 g/mol. The molecule has 30 heavy (non-hydrogen) atoms. The van der Waals surface area contributed by atoms with Crippen LogP contribution in [0.4, 0.5) is 5.69 Å². The van der Waals surface area contributed by atoms with E-state index >= 15 is 0 Å². The smallest absolute Gasteiger partial charge is 0.277 e. The van der Waals surface area contributed by atoms with Gasteiger partial charge in [0.1, 0.15) is 17.3 Å². The maximum absolute atomic E-state index is 12.6. The average molecular weight is 533 g/mol. The summed E-state index contributed by atoms with van der Waals surface area (Å²) < 4.78 is 1.17. The zero-order chi connectivity index (χ0) is 21.8. The van der Waals surface area contributed by atoms with Crippen molar-refractivity contribution in [3.63, 3.8) is 0 Å². The summed E-state index contributed by atoms with van der Waals surface area (Å²) in [5, 5.41) is 9.83. The molecule has 1 N–H and O–H groups in total. The molecule has 1 amide bonds. The van der Waals surface area contributed by atoms with E-state index in [1.54, 1.807) is 31.3 Å². The summed E-state index contributed by atoms with van der Waals surface area (Å²) in [7, 11) is 1.71. The largest absolute Gasteiger partial charge is 0.506 e. The molecule has 0 spiro atoms. The lowest BCUT2D eigenvalue weighted by molar-refractivity contribution is -0.121. The highest BCUT2D eigenvalue weighted by molar-refractivity contribution is 9.11. The molecule has 0 atom stereocenters. The minimum Gasteiger partial charge on any atom is -0.506 e. The first kappa shape index (κ1) is 22.3. The second-order valence-corrected chi connectivity index (χ2v) is 8.50. The Morgan fingerprint density at radius 3 is 2.20 bits per heavy atom. The molecule has 156 valence electrons. The van der Waals surface area contributed by atoms with Crippen LogP contribution in [0.15, 0.2) is 62.1 Å². The van der Waals surface area contributed by atoms with E-state index in [-0.39, 0.29) is 11.7 Å². The fourth-order valence-electron chi connectivity index (χ4n) is 3.15. The molecule has 5 nitrogen and oxygen atoms in total. The highest BCUT2D eigenvalue weighted by Gasteiger charge is 2.25. The van der Waals surface area contributed by atoms with E-state index in [1.165, 1.54) is 4.90 Å². The molecule has 0 saturated heterocycles. The van der Waals surface area contributed by atoms with E-state index in [4.69, 9.17) is 0 Å². The van der Waals surface area contributed by atoms with Gasteiger partial charge in [0.15, 0.2) is 0 Å². The zero-order valence-corrected chi connectivity index (χ0v) is 20.2. The van der Waals surface area contributed by atoms with Gasteiger partial charge in [0, 0.05) is 25.8 Å². The first-order valence-corrected chi connectivity index (χ1v) is 11.2. The van der Waals surface area contributed by atoms with Gasteiger partial charge >= 0.3 is 0 Å². The molecule has 3 rings (SSSR count). The number of phenols is 1. The summed E-state index contributed by atoms with van der Waals surface area (Å²) in [6.45, 7) is 6.17. The van der Waals surface area contributed by atoms with Crippen LogP contribution >= 0.6 is 31.9 Å². The molecule has 0 aliphatic carbocycles. The van der Waals surface area contributed by atoms with Crippen molar-refractivity contribution in [3.8, 4) is 5.75 Å². The van der Waals surface area contributed by atoms with Crippen LogP contribution in [-0.4, -0.2) is 41.9 Å². The quantitative estimate of drug-likeness (QED) is 0.486. The molecule has 2 aromatic carbocycles. The third-order valence-electron chi connectivity index (χ3n) is 4.89. The number of carbonyl (C=O) groups is 1. The fraction of sp³-hybridized carbons (Fsp3) is 0.217. The molecule has 1 aliphatic heterocycles. The van der Waals surface area contributed by atoms with Crippen molar-refractivity contribution < 1.29 is 9.90 Å². The van der Waals surface area contributed by atoms with Crippen LogP contribution in [0.25, 0.3) is 12.2 Å². The summed E-state index contributed by atoms with van der Waals surface area (Å²) >= 11 is 6.64. The van der Waals surface area contributed by atoms with Crippen molar-refractivity contribution in [2.24, 2.45) is 4.99 Å². The predicted molar refractivity (Wildman–Crippen MR) is 131 cm³/mol. The Balaban J connectivity index is 1.83. The molecule has 7 heteroatoms. The first-order valence-electron chi connectivity index (χ1n) is 9.63. The number of phenolic OH excluding ortho intramolecular Hbond substituents is 1. The summed E-state index contributed by atoms with van der Waals surface area (Å²) in [4.78, 5) is 20.9. The molecule has 0 unspecified atom stereocenters. The Morgan fingerprint density at radius 2 is 1.63 bits per heavy atom. The van der Waals surface area contributed by atoms with Crippen molar-refractivity contribution in [1.29, 1.82) is 0 Å². The number of hydrogen-bond donors (Lipinski definition) is 1. The molecule has 0 fully saturated rings. The number of amides is 1. The van der Waals surface area contributed by atoms with E-state index in [9.17, 15) is 9.90 Å².